The number of carbonyl (C=O) groups excluding carboxylic acids is 1. The molecule has 118 valence electrons. The van der Waals surface area contributed by atoms with Crippen LogP contribution in [0.1, 0.15) is 16.5 Å². The first-order valence-corrected chi connectivity index (χ1v) is 8.11. The first-order chi connectivity index (χ1) is 11.2. The molecule has 6 nitrogen and oxygen atoms in total. The van der Waals surface area contributed by atoms with Crippen LogP contribution in [0.4, 0.5) is 5.69 Å². The first kappa shape index (κ1) is 15.4. The van der Waals surface area contributed by atoms with Crippen molar-refractivity contribution in [3.05, 3.63) is 64.6 Å². The maximum Gasteiger partial charge on any atom is 0.231 e. The number of benzene rings is 1. The van der Waals surface area contributed by atoms with Gasteiger partial charge in [0.15, 0.2) is 0 Å². The number of hydrogen-bond donors (Lipinski definition) is 2. The molecule has 0 unspecified atom stereocenters. The van der Waals surface area contributed by atoms with Crippen LogP contribution in [-0.4, -0.2) is 20.4 Å². The van der Waals surface area contributed by atoms with E-state index in [2.05, 4.69) is 15.3 Å². The molecule has 0 aliphatic carbocycles. The van der Waals surface area contributed by atoms with Gasteiger partial charge in [-0.25, -0.2) is 9.97 Å². The van der Waals surface area contributed by atoms with Gasteiger partial charge in [-0.1, -0.05) is 18.2 Å². The van der Waals surface area contributed by atoms with E-state index >= 15 is 0 Å². The Morgan fingerprint density at radius 1 is 1.30 bits per heavy atom. The number of nitrogens with one attached hydrogen (secondary N) is 1. The van der Waals surface area contributed by atoms with Crippen molar-refractivity contribution in [2.24, 2.45) is 5.73 Å². The summed E-state index contributed by atoms with van der Waals surface area (Å²) in [6.07, 6.45) is 3.87. The third-order valence-electron chi connectivity index (χ3n) is 3.29. The van der Waals surface area contributed by atoms with Crippen LogP contribution in [0.2, 0.25) is 0 Å². The van der Waals surface area contributed by atoms with Gasteiger partial charge in [-0.2, -0.15) is 0 Å². The third-order valence-corrected chi connectivity index (χ3v) is 4.18. The monoisotopic (exact) mass is 327 g/mol. The second-order valence-electron chi connectivity index (χ2n) is 5.00. The first-order valence-electron chi connectivity index (χ1n) is 7.23. The summed E-state index contributed by atoms with van der Waals surface area (Å²) in [5, 5.41) is 5.62. The number of aromatic nitrogens is 3. The van der Waals surface area contributed by atoms with Crippen molar-refractivity contribution < 1.29 is 4.79 Å². The van der Waals surface area contributed by atoms with Crippen LogP contribution in [0.3, 0.4) is 0 Å². The minimum Gasteiger partial charge on any atom is -0.328 e. The Balaban J connectivity index is 1.60. The summed E-state index contributed by atoms with van der Waals surface area (Å²) in [4.78, 5) is 20.7. The summed E-state index contributed by atoms with van der Waals surface area (Å²) in [5.74, 6) is 0.753. The van der Waals surface area contributed by atoms with Crippen LogP contribution in [0.5, 0.6) is 0 Å². The van der Waals surface area contributed by atoms with Gasteiger partial charge in [-0.3, -0.25) is 4.79 Å². The van der Waals surface area contributed by atoms with E-state index in [-0.39, 0.29) is 12.3 Å². The molecule has 3 aromatic rings. The number of amides is 1. The van der Waals surface area contributed by atoms with E-state index in [1.165, 1.54) is 11.3 Å². The Morgan fingerprint density at radius 3 is 2.91 bits per heavy atom. The lowest BCUT2D eigenvalue weighted by atomic mass is 10.3. The molecule has 3 N–H and O–H groups in total. The molecule has 2 aromatic heterocycles. The Bertz CT molecular complexity index is 781. The number of anilines is 1. The number of carbonyl (C=O) groups is 1. The zero-order chi connectivity index (χ0) is 16.1. The van der Waals surface area contributed by atoms with Gasteiger partial charge in [0.2, 0.25) is 5.91 Å². The Labute approximate surface area is 138 Å². The van der Waals surface area contributed by atoms with E-state index in [4.69, 9.17) is 5.73 Å². The highest BCUT2D eigenvalue weighted by Gasteiger charge is 2.09. The van der Waals surface area contributed by atoms with Crippen LogP contribution < -0.4 is 11.1 Å². The lowest BCUT2D eigenvalue weighted by Gasteiger charge is -2.04. The molecule has 0 saturated carbocycles. The minimum absolute atomic E-state index is 0.0672. The molecule has 0 atom stereocenters. The molecule has 3 rings (SSSR count). The second kappa shape index (κ2) is 7.17. The molecule has 0 radical (unpaired) electrons. The molecule has 0 spiro atoms. The molecule has 0 aliphatic rings. The lowest BCUT2D eigenvalue weighted by molar-refractivity contribution is -0.115. The predicted molar refractivity (Wildman–Crippen MR) is 90.1 cm³/mol. The summed E-state index contributed by atoms with van der Waals surface area (Å²) < 4.78 is 1.96. The average Bonchev–Trinajstić information content (AvgIpc) is 3.18. The van der Waals surface area contributed by atoms with Crippen molar-refractivity contribution in [2.75, 3.05) is 5.32 Å². The number of rotatable bonds is 6. The molecule has 7 heteroatoms. The van der Waals surface area contributed by atoms with Gasteiger partial charge in [0.05, 0.1) is 25.2 Å². The quantitative estimate of drug-likeness (QED) is 0.725. The summed E-state index contributed by atoms with van der Waals surface area (Å²) in [6, 6.07) is 9.40. The van der Waals surface area contributed by atoms with Crippen molar-refractivity contribution in [3.63, 3.8) is 0 Å². The minimum atomic E-state index is -0.0672. The van der Waals surface area contributed by atoms with Gasteiger partial charge in [0.25, 0.3) is 0 Å². The van der Waals surface area contributed by atoms with Crippen molar-refractivity contribution >= 4 is 22.9 Å². The topological polar surface area (TPSA) is 85.8 Å². The standard InChI is InChI=1S/C16H17N5OS/c17-9-14-18-6-7-21(14)10-13-11-23-16(20-13)8-15(22)19-12-4-2-1-3-5-12/h1-7,11H,8-10,17H2,(H,19,22). The van der Waals surface area contributed by atoms with E-state index < -0.39 is 0 Å². The van der Waals surface area contributed by atoms with E-state index in [9.17, 15) is 4.79 Å². The maximum absolute atomic E-state index is 12.0. The second-order valence-corrected chi connectivity index (χ2v) is 5.94. The third kappa shape index (κ3) is 4.02. The van der Waals surface area contributed by atoms with Crippen LogP contribution in [0.25, 0.3) is 0 Å². The highest BCUT2D eigenvalue weighted by atomic mass is 32.1. The van der Waals surface area contributed by atoms with Gasteiger partial charge >= 0.3 is 0 Å². The zero-order valence-corrected chi connectivity index (χ0v) is 13.3. The van der Waals surface area contributed by atoms with Crippen LogP contribution in [-0.2, 0) is 24.3 Å². The lowest BCUT2D eigenvalue weighted by Crippen LogP contribution is -2.14. The number of para-hydroxylation sites is 1. The largest absolute Gasteiger partial charge is 0.328 e. The fourth-order valence-corrected chi connectivity index (χ4v) is 3.00. The average molecular weight is 327 g/mol. The summed E-state index contributed by atoms with van der Waals surface area (Å²) in [5.41, 5.74) is 7.34. The van der Waals surface area contributed by atoms with E-state index in [1.54, 1.807) is 6.20 Å². The van der Waals surface area contributed by atoms with E-state index in [0.29, 0.717) is 13.1 Å². The van der Waals surface area contributed by atoms with E-state index in [0.717, 1.165) is 22.2 Å². The SMILES string of the molecule is NCc1nccn1Cc1csc(CC(=O)Nc2ccccc2)n1. The van der Waals surface area contributed by atoms with Crippen molar-refractivity contribution in [1.29, 1.82) is 0 Å². The van der Waals surface area contributed by atoms with Gasteiger partial charge < -0.3 is 15.6 Å². The highest BCUT2D eigenvalue weighted by molar-refractivity contribution is 7.09. The summed E-state index contributed by atoms with van der Waals surface area (Å²) >= 11 is 1.49. The fourth-order valence-electron chi connectivity index (χ4n) is 2.22. The van der Waals surface area contributed by atoms with Crippen LogP contribution in [0.15, 0.2) is 48.1 Å². The van der Waals surface area contributed by atoms with Gasteiger partial charge in [-0.15, -0.1) is 11.3 Å². The Kier molecular flexibility index (Phi) is 4.80. The molecule has 23 heavy (non-hydrogen) atoms. The highest BCUT2D eigenvalue weighted by Crippen LogP contribution is 2.14. The van der Waals surface area contributed by atoms with Gasteiger partial charge in [0.1, 0.15) is 10.8 Å². The smallest absolute Gasteiger partial charge is 0.231 e. The van der Waals surface area contributed by atoms with Crippen molar-refractivity contribution in [3.8, 4) is 0 Å². The molecule has 0 fully saturated rings. The number of nitrogens with zero attached hydrogens (tertiary/aromatic N) is 3. The molecule has 2 heterocycles. The van der Waals surface area contributed by atoms with E-state index in [1.807, 2.05) is 46.5 Å². The van der Waals surface area contributed by atoms with Crippen molar-refractivity contribution in [1.82, 2.24) is 14.5 Å². The number of hydrogen-bond acceptors (Lipinski definition) is 5. The van der Waals surface area contributed by atoms with Gasteiger partial charge in [0, 0.05) is 23.5 Å². The fraction of sp³-hybridized carbons (Fsp3) is 0.188. The molecule has 0 bridgehead atoms. The molecule has 0 saturated heterocycles. The molecule has 0 aliphatic heterocycles. The normalized spacial score (nSPS) is 10.7. The molecule has 1 aromatic carbocycles. The zero-order valence-electron chi connectivity index (χ0n) is 12.5. The van der Waals surface area contributed by atoms with Crippen molar-refractivity contribution in [2.45, 2.75) is 19.5 Å². The number of nitrogens with two attached hydrogens (primary N) is 1. The van der Waals surface area contributed by atoms with Crippen LogP contribution in [0, 0.1) is 0 Å². The number of imidazole rings is 1. The van der Waals surface area contributed by atoms with Gasteiger partial charge in [-0.05, 0) is 12.1 Å². The number of thiazole rings is 1. The summed E-state index contributed by atoms with van der Waals surface area (Å²) in [6.45, 7) is 1.01. The maximum atomic E-state index is 12.0. The predicted octanol–water partition coefficient (Wildman–Crippen LogP) is 2.03. The molecular weight excluding hydrogens is 310 g/mol. The molecule has 1 amide bonds. The summed E-state index contributed by atoms with van der Waals surface area (Å²) in [7, 11) is 0. The van der Waals surface area contributed by atoms with Crippen LogP contribution >= 0.6 is 11.3 Å². The Morgan fingerprint density at radius 2 is 2.13 bits per heavy atom. The Hall–Kier alpha value is -2.51. The molecular formula is C16H17N5OS.